The van der Waals surface area contributed by atoms with Crippen LogP contribution in [0.5, 0.6) is 0 Å². The van der Waals surface area contributed by atoms with Crippen molar-refractivity contribution in [2.24, 2.45) is 11.8 Å². The highest BCUT2D eigenvalue weighted by Crippen LogP contribution is 2.24. The molecule has 0 saturated carbocycles. The van der Waals surface area contributed by atoms with Gasteiger partial charge in [0.1, 0.15) is 12.1 Å². The molecule has 0 heterocycles. The molecule has 2 unspecified atom stereocenters. The Morgan fingerprint density at radius 2 is 1.52 bits per heavy atom. The molecule has 0 fully saturated rings. The molecule has 3 N–H and O–H groups in total. The zero-order chi connectivity index (χ0) is 18.2. The largest absolute Gasteiger partial charge is 0.386 e. The van der Waals surface area contributed by atoms with Crippen molar-refractivity contribution in [2.75, 3.05) is 6.54 Å². The first-order valence-corrected chi connectivity index (χ1v) is 8.13. The van der Waals surface area contributed by atoms with Crippen LogP contribution in [0.15, 0.2) is 0 Å². The van der Waals surface area contributed by atoms with Gasteiger partial charge >= 0.3 is 5.92 Å². The lowest BCUT2D eigenvalue weighted by Crippen LogP contribution is -2.54. The molecule has 2 amide bonds. The lowest BCUT2D eigenvalue weighted by molar-refractivity contribution is -0.165. The van der Waals surface area contributed by atoms with Gasteiger partial charge in [-0.15, -0.1) is 0 Å². The first kappa shape index (κ1) is 21.8. The van der Waals surface area contributed by atoms with Gasteiger partial charge in [-0.1, -0.05) is 27.7 Å². The van der Waals surface area contributed by atoms with E-state index < -0.39 is 29.9 Å². The fourth-order valence-electron chi connectivity index (χ4n) is 1.82. The van der Waals surface area contributed by atoms with Gasteiger partial charge in [0, 0.05) is 6.54 Å². The molecule has 7 heteroatoms. The van der Waals surface area contributed by atoms with E-state index in [1.165, 1.54) is 6.92 Å². The third-order valence-electron chi connectivity index (χ3n) is 3.50. The van der Waals surface area contributed by atoms with Crippen molar-refractivity contribution in [1.82, 2.24) is 10.6 Å². The molecule has 0 spiro atoms. The number of carbonyl (C=O) groups is 2. The van der Waals surface area contributed by atoms with Gasteiger partial charge in [0.15, 0.2) is 0 Å². The number of hydrogen-bond acceptors (Lipinski definition) is 3. The lowest BCUT2D eigenvalue weighted by atomic mass is 10.0. The molecule has 0 aliphatic rings. The van der Waals surface area contributed by atoms with Crippen molar-refractivity contribution in [3.63, 3.8) is 0 Å². The molecule has 0 aliphatic heterocycles. The summed E-state index contributed by atoms with van der Waals surface area (Å²) in [5.41, 5.74) is 0. The Morgan fingerprint density at radius 1 is 1.00 bits per heavy atom. The molecule has 136 valence electrons. The van der Waals surface area contributed by atoms with Crippen LogP contribution in [0.1, 0.15) is 53.9 Å². The molecular formula is C16H30F2N2O3. The summed E-state index contributed by atoms with van der Waals surface area (Å²) in [6.07, 6.45) is -1.08. The molecule has 2 atom stereocenters. The Bertz CT molecular complexity index is 388. The number of aliphatic hydroxyl groups excluding tert-OH is 1. The van der Waals surface area contributed by atoms with Crippen LogP contribution < -0.4 is 10.6 Å². The first-order valence-electron chi connectivity index (χ1n) is 8.13. The summed E-state index contributed by atoms with van der Waals surface area (Å²) < 4.78 is 27.7. The number of aliphatic hydroxyl groups is 1. The molecule has 0 radical (unpaired) electrons. The molecule has 0 bridgehead atoms. The predicted molar refractivity (Wildman–Crippen MR) is 85.1 cm³/mol. The molecular weight excluding hydrogens is 306 g/mol. The third-order valence-corrected chi connectivity index (χ3v) is 3.50. The van der Waals surface area contributed by atoms with Gasteiger partial charge in [-0.25, -0.2) is 0 Å². The van der Waals surface area contributed by atoms with Crippen LogP contribution in [0.3, 0.4) is 0 Å². The van der Waals surface area contributed by atoms with E-state index in [2.05, 4.69) is 5.32 Å². The van der Waals surface area contributed by atoms with Gasteiger partial charge < -0.3 is 15.7 Å². The van der Waals surface area contributed by atoms with Crippen molar-refractivity contribution < 1.29 is 23.5 Å². The third kappa shape index (κ3) is 8.25. The highest BCUT2D eigenvalue weighted by molar-refractivity contribution is 5.90. The molecule has 0 rings (SSSR count). The molecule has 0 aromatic carbocycles. The maximum Gasteiger partial charge on any atom is 0.349 e. The van der Waals surface area contributed by atoms with Crippen molar-refractivity contribution in [2.45, 2.75) is 71.9 Å². The predicted octanol–water partition coefficient (Wildman–Crippen LogP) is 2.09. The van der Waals surface area contributed by atoms with E-state index in [1.807, 2.05) is 33.0 Å². The molecule has 0 aromatic rings. The summed E-state index contributed by atoms with van der Waals surface area (Å²) in [4.78, 5) is 23.4. The molecule has 0 saturated heterocycles. The van der Waals surface area contributed by atoms with Crippen molar-refractivity contribution in [3.8, 4) is 0 Å². The monoisotopic (exact) mass is 336 g/mol. The number of hydrogen-bond donors (Lipinski definition) is 3. The first-order chi connectivity index (χ1) is 10.5. The molecule has 5 nitrogen and oxygen atoms in total. The van der Waals surface area contributed by atoms with Gasteiger partial charge in [-0.05, 0) is 38.0 Å². The quantitative estimate of drug-likeness (QED) is 0.571. The summed E-state index contributed by atoms with van der Waals surface area (Å²) in [5.74, 6) is -5.51. The van der Waals surface area contributed by atoms with Crippen LogP contribution in [-0.2, 0) is 9.59 Å². The SMILES string of the molecule is CC(C)CCNC(=O)C(C)NC(=O)C(F)(F)C(O)CCC(C)C. The smallest absolute Gasteiger partial charge is 0.349 e. The summed E-state index contributed by atoms with van der Waals surface area (Å²) in [6.45, 7) is 9.43. The molecule has 0 aromatic heterocycles. The number of rotatable bonds is 10. The van der Waals surface area contributed by atoms with Crippen molar-refractivity contribution >= 4 is 11.8 Å². The Labute approximate surface area is 137 Å². The van der Waals surface area contributed by atoms with Gasteiger partial charge in [-0.3, -0.25) is 9.59 Å². The van der Waals surface area contributed by atoms with E-state index in [0.717, 1.165) is 6.42 Å². The van der Waals surface area contributed by atoms with Gasteiger partial charge in [0.25, 0.3) is 5.91 Å². The Morgan fingerprint density at radius 3 is 2.00 bits per heavy atom. The van der Waals surface area contributed by atoms with E-state index >= 15 is 0 Å². The van der Waals surface area contributed by atoms with E-state index in [4.69, 9.17) is 0 Å². The summed E-state index contributed by atoms with van der Waals surface area (Å²) in [6, 6.07) is -1.09. The van der Waals surface area contributed by atoms with E-state index in [1.54, 1.807) is 0 Å². The standard InChI is InChI=1S/C16H30F2N2O3/c1-10(2)6-7-13(21)16(17,18)15(23)20-12(5)14(22)19-9-8-11(3)4/h10-13,21H,6-9H2,1-5H3,(H,19,22)(H,20,23). The second-order valence-corrected chi connectivity index (χ2v) is 6.78. The van der Waals surface area contributed by atoms with Crippen LogP contribution >= 0.6 is 0 Å². The highest BCUT2D eigenvalue weighted by atomic mass is 19.3. The summed E-state index contributed by atoms with van der Waals surface area (Å²) >= 11 is 0. The van der Waals surface area contributed by atoms with Gasteiger partial charge in [0.05, 0.1) is 0 Å². The van der Waals surface area contributed by atoms with Crippen LogP contribution in [0.4, 0.5) is 8.78 Å². The van der Waals surface area contributed by atoms with Gasteiger partial charge in [-0.2, -0.15) is 8.78 Å². The number of nitrogens with one attached hydrogen (secondary N) is 2. The zero-order valence-electron chi connectivity index (χ0n) is 14.7. The van der Waals surface area contributed by atoms with Gasteiger partial charge in [0.2, 0.25) is 5.91 Å². The van der Waals surface area contributed by atoms with Crippen LogP contribution in [0, 0.1) is 11.8 Å². The van der Waals surface area contributed by atoms with Crippen LogP contribution in [0.2, 0.25) is 0 Å². The van der Waals surface area contributed by atoms with Crippen LogP contribution in [0.25, 0.3) is 0 Å². The maximum atomic E-state index is 13.8. The molecule has 0 aliphatic carbocycles. The average Bonchev–Trinajstić information content (AvgIpc) is 2.43. The fourth-order valence-corrected chi connectivity index (χ4v) is 1.82. The Balaban J connectivity index is 4.44. The minimum absolute atomic E-state index is 0.147. The Hall–Kier alpha value is -1.24. The topological polar surface area (TPSA) is 78.4 Å². The summed E-state index contributed by atoms with van der Waals surface area (Å²) in [5, 5.41) is 14.1. The fraction of sp³-hybridized carbons (Fsp3) is 0.875. The zero-order valence-corrected chi connectivity index (χ0v) is 14.7. The van der Waals surface area contributed by atoms with E-state index in [-0.39, 0.29) is 12.3 Å². The minimum Gasteiger partial charge on any atom is -0.386 e. The minimum atomic E-state index is -3.92. The summed E-state index contributed by atoms with van der Waals surface area (Å²) in [7, 11) is 0. The highest BCUT2D eigenvalue weighted by Gasteiger charge is 2.46. The van der Waals surface area contributed by atoms with E-state index in [0.29, 0.717) is 18.9 Å². The maximum absolute atomic E-state index is 13.8. The van der Waals surface area contributed by atoms with Crippen molar-refractivity contribution in [1.29, 1.82) is 0 Å². The van der Waals surface area contributed by atoms with E-state index in [9.17, 15) is 23.5 Å². The van der Waals surface area contributed by atoms with Crippen molar-refractivity contribution in [3.05, 3.63) is 0 Å². The number of alkyl halides is 2. The number of amides is 2. The van der Waals surface area contributed by atoms with Crippen LogP contribution in [-0.4, -0.2) is 41.5 Å². The second-order valence-electron chi connectivity index (χ2n) is 6.78. The normalized spacial score (nSPS) is 14.7. The molecule has 23 heavy (non-hydrogen) atoms. The Kier molecular flexibility index (Phi) is 9.27. The lowest BCUT2D eigenvalue weighted by Gasteiger charge is -2.24. The number of carbonyl (C=O) groups excluding carboxylic acids is 2. The average molecular weight is 336 g/mol. The second kappa shape index (κ2) is 9.80. The number of halogens is 2.